The van der Waals surface area contributed by atoms with Crippen LogP contribution in [0.4, 0.5) is 5.69 Å². The van der Waals surface area contributed by atoms with Crippen molar-refractivity contribution in [3.63, 3.8) is 0 Å². The highest BCUT2D eigenvalue weighted by Crippen LogP contribution is 2.14. The van der Waals surface area contributed by atoms with Gasteiger partial charge in [0.25, 0.3) is 0 Å². The summed E-state index contributed by atoms with van der Waals surface area (Å²) in [6.07, 6.45) is 2.36. The number of rotatable bonds is 4. The topological polar surface area (TPSA) is 64.7 Å². The number of anilines is 1. The SMILES string of the molecule is CN1CCN(C(=O)Cc2ccc(NC(=O)C3CCCN3)cc2)CC1. The summed E-state index contributed by atoms with van der Waals surface area (Å²) in [5.41, 5.74) is 1.76. The van der Waals surface area contributed by atoms with Crippen LogP contribution in [0.5, 0.6) is 0 Å². The lowest BCUT2D eigenvalue weighted by atomic mass is 10.1. The second-order valence-electron chi connectivity index (χ2n) is 6.70. The molecule has 2 heterocycles. The van der Waals surface area contributed by atoms with Crippen molar-refractivity contribution in [1.82, 2.24) is 15.1 Å². The van der Waals surface area contributed by atoms with Crippen molar-refractivity contribution >= 4 is 17.5 Å². The van der Waals surface area contributed by atoms with Gasteiger partial charge in [-0.05, 0) is 44.1 Å². The minimum absolute atomic E-state index is 0.0220. The van der Waals surface area contributed by atoms with Gasteiger partial charge in [0.15, 0.2) is 0 Å². The van der Waals surface area contributed by atoms with Gasteiger partial charge in [-0.25, -0.2) is 0 Å². The summed E-state index contributed by atoms with van der Waals surface area (Å²) in [4.78, 5) is 28.6. The Morgan fingerprint density at radius 3 is 2.50 bits per heavy atom. The van der Waals surface area contributed by atoms with Gasteiger partial charge in [-0.1, -0.05) is 12.1 Å². The Labute approximate surface area is 143 Å². The number of amides is 2. The molecule has 0 radical (unpaired) electrons. The lowest BCUT2D eigenvalue weighted by Crippen LogP contribution is -2.47. The van der Waals surface area contributed by atoms with E-state index in [1.54, 1.807) is 0 Å². The molecule has 0 aromatic heterocycles. The van der Waals surface area contributed by atoms with Gasteiger partial charge >= 0.3 is 0 Å². The molecule has 0 aliphatic carbocycles. The monoisotopic (exact) mass is 330 g/mol. The molecule has 2 fully saturated rings. The molecular formula is C18H26N4O2. The fraction of sp³-hybridized carbons (Fsp3) is 0.556. The Kier molecular flexibility index (Phi) is 5.48. The first kappa shape index (κ1) is 16.9. The molecular weight excluding hydrogens is 304 g/mol. The summed E-state index contributed by atoms with van der Waals surface area (Å²) in [6.45, 7) is 4.39. The summed E-state index contributed by atoms with van der Waals surface area (Å²) in [7, 11) is 2.08. The number of benzene rings is 1. The van der Waals surface area contributed by atoms with E-state index < -0.39 is 0 Å². The Hall–Kier alpha value is -1.92. The van der Waals surface area contributed by atoms with Crippen molar-refractivity contribution < 1.29 is 9.59 Å². The number of carbonyl (C=O) groups excluding carboxylic acids is 2. The van der Waals surface area contributed by atoms with Crippen LogP contribution in [0.25, 0.3) is 0 Å². The van der Waals surface area contributed by atoms with Gasteiger partial charge < -0.3 is 20.4 Å². The molecule has 2 amide bonds. The molecule has 1 aromatic carbocycles. The molecule has 0 saturated carbocycles. The fourth-order valence-corrected chi connectivity index (χ4v) is 3.19. The molecule has 0 spiro atoms. The van der Waals surface area contributed by atoms with Gasteiger partial charge in [0.05, 0.1) is 12.5 Å². The maximum absolute atomic E-state index is 12.3. The molecule has 1 atom stereocenters. The van der Waals surface area contributed by atoms with Gasteiger partial charge in [0, 0.05) is 31.9 Å². The second kappa shape index (κ2) is 7.77. The van der Waals surface area contributed by atoms with Crippen LogP contribution in [0.2, 0.25) is 0 Å². The third-order valence-corrected chi connectivity index (χ3v) is 4.81. The van der Waals surface area contributed by atoms with Gasteiger partial charge in [-0.15, -0.1) is 0 Å². The molecule has 2 aliphatic heterocycles. The van der Waals surface area contributed by atoms with Crippen LogP contribution in [0, 0.1) is 0 Å². The van der Waals surface area contributed by atoms with Crippen LogP contribution < -0.4 is 10.6 Å². The van der Waals surface area contributed by atoms with Crippen molar-refractivity contribution in [2.75, 3.05) is 45.1 Å². The number of nitrogens with zero attached hydrogens (tertiary/aromatic N) is 2. The molecule has 2 N–H and O–H groups in total. The largest absolute Gasteiger partial charge is 0.340 e. The standard InChI is InChI=1S/C18H26N4O2/c1-21-9-11-22(12-10-21)17(23)13-14-4-6-15(7-5-14)20-18(24)16-3-2-8-19-16/h4-7,16,19H,2-3,8-13H2,1H3,(H,20,24). The smallest absolute Gasteiger partial charge is 0.241 e. The highest BCUT2D eigenvalue weighted by molar-refractivity contribution is 5.95. The predicted molar refractivity (Wildman–Crippen MR) is 93.9 cm³/mol. The van der Waals surface area contributed by atoms with E-state index in [1.807, 2.05) is 29.2 Å². The minimum Gasteiger partial charge on any atom is -0.340 e. The van der Waals surface area contributed by atoms with Crippen molar-refractivity contribution in [2.24, 2.45) is 0 Å². The Bertz CT molecular complexity index is 573. The number of likely N-dealkylation sites (N-methyl/N-ethyl adjacent to an activating group) is 1. The van der Waals surface area contributed by atoms with Gasteiger partial charge in [0.2, 0.25) is 11.8 Å². The van der Waals surface area contributed by atoms with Gasteiger partial charge in [-0.2, -0.15) is 0 Å². The zero-order chi connectivity index (χ0) is 16.9. The first-order chi connectivity index (χ1) is 11.6. The average Bonchev–Trinajstić information content (AvgIpc) is 3.12. The molecule has 6 heteroatoms. The van der Waals surface area contributed by atoms with E-state index in [0.29, 0.717) is 6.42 Å². The average molecular weight is 330 g/mol. The second-order valence-corrected chi connectivity index (χ2v) is 6.70. The Morgan fingerprint density at radius 2 is 1.88 bits per heavy atom. The summed E-state index contributed by atoms with van der Waals surface area (Å²) in [5.74, 6) is 0.198. The zero-order valence-corrected chi connectivity index (χ0v) is 14.3. The molecule has 6 nitrogen and oxygen atoms in total. The molecule has 1 aromatic rings. The number of nitrogens with one attached hydrogen (secondary N) is 2. The van der Waals surface area contributed by atoms with Crippen molar-refractivity contribution in [3.8, 4) is 0 Å². The van der Waals surface area contributed by atoms with E-state index in [-0.39, 0.29) is 17.9 Å². The van der Waals surface area contributed by atoms with Crippen molar-refractivity contribution in [3.05, 3.63) is 29.8 Å². The van der Waals surface area contributed by atoms with Crippen LogP contribution in [0.3, 0.4) is 0 Å². The third-order valence-electron chi connectivity index (χ3n) is 4.81. The van der Waals surface area contributed by atoms with E-state index in [0.717, 1.165) is 56.8 Å². The summed E-state index contributed by atoms with van der Waals surface area (Å²) < 4.78 is 0. The van der Waals surface area contributed by atoms with Crippen molar-refractivity contribution in [1.29, 1.82) is 0 Å². The Morgan fingerprint density at radius 1 is 1.17 bits per heavy atom. The lowest BCUT2D eigenvalue weighted by molar-refractivity contribution is -0.132. The van der Waals surface area contributed by atoms with E-state index in [2.05, 4.69) is 22.6 Å². The predicted octanol–water partition coefficient (Wildman–Crippen LogP) is 0.694. The number of carbonyl (C=O) groups is 2. The van der Waals surface area contributed by atoms with E-state index in [4.69, 9.17) is 0 Å². The molecule has 2 aliphatic rings. The highest BCUT2D eigenvalue weighted by Gasteiger charge is 2.22. The van der Waals surface area contributed by atoms with Crippen LogP contribution in [-0.2, 0) is 16.0 Å². The van der Waals surface area contributed by atoms with Gasteiger partial charge in [-0.3, -0.25) is 9.59 Å². The lowest BCUT2D eigenvalue weighted by Gasteiger charge is -2.32. The van der Waals surface area contributed by atoms with Crippen molar-refractivity contribution in [2.45, 2.75) is 25.3 Å². The maximum Gasteiger partial charge on any atom is 0.241 e. The number of piperazine rings is 1. The normalized spacial score (nSPS) is 21.7. The fourth-order valence-electron chi connectivity index (χ4n) is 3.19. The van der Waals surface area contributed by atoms with Crippen LogP contribution in [-0.4, -0.2) is 67.4 Å². The van der Waals surface area contributed by atoms with Crippen LogP contribution in [0.1, 0.15) is 18.4 Å². The summed E-state index contributed by atoms with van der Waals surface area (Å²) in [6, 6.07) is 7.51. The molecule has 24 heavy (non-hydrogen) atoms. The first-order valence-electron chi connectivity index (χ1n) is 8.71. The Balaban J connectivity index is 1.50. The van der Waals surface area contributed by atoms with E-state index in [9.17, 15) is 9.59 Å². The van der Waals surface area contributed by atoms with Crippen LogP contribution in [0.15, 0.2) is 24.3 Å². The van der Waals surface area contributed by atoms with Gasteiger partial charge in [0.1, 0.15) is 0 Å². The van der Waals surface area contributed by atoms with Crippen LogP contribution >= 0.6 is 0 Å². The first-order valence-corrected chi connectivity index (χ1v) is 8.71. The summed E-state index contributed by atoms with van der Waals surface area (Å²) >= 11 is 0. The highest BCUT2D eigenvalue weighted by atomic mass is 16.2. The maximum atomic E-state index is 12.3. The number of hydrogen-bond donors (Lipinski definition) is 2. The summed E-state index contributed by atoms with van der Waals surface area (Å²) in [5, 5.41) is 6.12. The third kappa shape index (κ3) is 4.33. The quantitative estimate of drug-likeness (QED) is 0.853. The zero-order valence-electron chi connectivity index (χ0n) is 14.3. The molecule has 130 valence electrons. The van der Waals surface area contributed by atoms with E-state index >= 15 is 0 Å². The van der Waals surface area contributed by atoms with E-state index in [1.165, 1.54) is 0 Å². The molecule has 2 saturated heterocycles. The molecule has 1 unspecified atom stereocenters. The number of hydrogen-bond acceptors (Lipinski definition) is 4. The minimum atomic E-state index is -0.0801. The molecule has 0 bridgehead atoms. The molecule has 3 rings (SSSR count).